The summed E-state index contributed by atoms with van der Waals surface area (Å²) in [6, 6.07) is -0.289. The lowest BCUT2D eigenvalue weighted by molar-refractivity contribution is -0.160. The first-order chi connectivity index (χ1) is 11.8. The van der Waals surface area contributed by atoms with Gasteiger partial charge in [-0.05, 0) is 83.0 Å². The summed E-state index contributed by atoms with van der Waals surface area (Å²) in [5.41, 5.74) is 5.41. The predicted molar refractivity (Wildman–Crippen MR) is 104 cm³/mol. The van der Waals surface area contributed by atoms with Crippen LogP contribution in [-0.4, -0.2) is 41.4 Å². The molecule has 1 aliphatic heterocycles. The predicted octanol–water partition coefficient (Wildman–Crippen LogP) is 2.47. The largest absolute Gasteiger partial charge is 0.352 e. The molecule has 1 saturated heterocycles. The molecule has 1 unspecified atom stereocenters. The van der Waals surface area contributed by atoms with Crippen LogP contribution in [0.25, 0.3) is 0 Å². The van der Waals surface area contributed by atoms with Gasteiger partial charge in [0.2, 0.25) is 11.8 Å². The Morgan fingerprint density at radius 3 is 2.15 bits per heavy atom. The number of nitrogens with zero attached hydrogens (tertiary/aromatic N) is 1. The number of likely N-dealkylation sites (tertiary alicyclic amines) is 1. The normalized spacial score (nSPS) is 38.2. The van der Waals surface area contributed by atoms with Crippen LogP contribution in [0.3, 0.4) is 0 Å². The van der Waals surface area contributed by atoms with Crippen LogP contribution in [0.1, 0.15) is 65.2 Å². The van der Waals surface area contributed by atoms with E-state index in [4.69, 9.17) is 5.73 Å². The molecule has 4 aliphatic carbocycles. The van der Waals surface area contributed by atoms with Crippen LogP contribution < -0.4 is 11.1 Å². The average Bonchev–Trinajstić information content (AvgIpc) is 2.99. The van der Waals surface area contributed by atoms with Gasteiger partial charge in [0.15, 0.2) is 0 Å². The molecule has 3 N–H and O–H groups in total. The first-order valence-corrected chi connectivity index (χ1v) is 10.1. The second kappa shape index (κ2) is 6.97. The van der Waals surface area contributed by atoms with Gasteiger partial charge in [-0.1, -0.05) is 0 Å². The summed E-state index contributed by atoms with van der Waals surface area (Å²) in [5, 5.41) is 2.97. The van der Waals surface area contributed by atoms with E-state index in [-0.39, 0.29) is 35.7 Å². The van der Waals surface area contributed by atoms with Gasteiger partial charge >= 0.3 is 0 Å². The smallest absolute Gasteiger partial charge is 0.242 e. The molecule has 0 radical (unpaired) electrons. The summed E-state index contributed by atoms with van der Waals surface area (Å²) < 4.78 is 0. The van der Waals surface area contributed by atoms with Crippen molar-refractivity contribution in [2.24, 2.45) is 28.9 Å². The molecule has 0 aromatic carbocycles. The molecule has 5 rings (SSSR count). The molecule has 148 valence electrons. The lowest BCUT2D eigenvalue weighted by atomic mass is 9.49. The van der Waals surface area contributed by atoms with Crippen LogP contribution in [-0.2, 0) is 9.59 Å². The molecule has 5 fully saturated rings. The van der Waals surface area contributed by atoms with E-state index in [1.165, 1.54) is 19.3 Å². The highest BCUT2D eigenvalue weighted by molar-refractivity contribution is 5.91. The first-order valence-electron chi connectivity index (χ1n) is 10.1. The monoisotopic (exact) mass is 383 g/mol. The Hall–Kier alpha value is -0.810. The number of carbonyl (C=O) groups excluding carboxylic acids is 2. The Balaban J connectivity index is 0.00000196. The van der Waals surface area contributed by atoms with E-state index in [2.05, 4.69) is 5.32 Å². The quantitative estimate of drug-likeness (QED) is 0.783. The second-order valence-electron chi connectivity index (χ2n) is 10.1. The summed E-state index contributed by atoms with van der Waals surface area (Å²) in [5.74, 6) is 2.53. The van der Waals surface area contributed by atoms with Crippen LogP contribution >= 0.6 is 12.4 Å². The summed E-state index contributed by atoms with van der Waals surface area (Å²) >= 11 is 0. The van der Waals surface area contributed by atoms with Gasteiger partial charge in [-0.15, -0.1) is 12.4 Å². The van der Waals surface area contributed by atoms with E-state index in [1.54, 1.807) is 0 Å². The van der Waals surface area contributed by atoms with E-state index < -0.39 is 5.54 Å². The van der Waals surface area contributed by atoms with Crippen molar-refractivity contribution < 1.29 is 9.59 Å². The van der Waals surface area contributed by atoms with Gasteiger partial charge in [0.05, 0.1) is 5.41 Å². The number of hydrogen-bond acceptors (Lipinski definition) is 3. The number of hydrogen-bond donors (Lipinski definition) is 2. The summed E-state index contributed by atoms with van der Waals surface area (Å²) in [6.45, 7) is 4.99. The molecular formula is C20H34ClN3O2. The number of amides is 2. The Morgan fingerprint density at radius 2 is 1.65 bits per heavy atom. The molecule has 5 aliphatic rings. The maximum Gasteiger partial charge on any atom is 0.242 e. The van der Waals surface area contributed by atoms with Gasteiger partial charge in [-0.2, -0.15) is 0 Å². The van der Waals surface area contributed by atoms with Crippen LogP contribution in [0.5, 0.6) is 0 Å². The van der Waals surface area contributed by atoms with Crippen LogP contribution in [0, 0.1) is 23.2 Å². The van der Waals surface area contributed by atoms with Crippen LogP contribution in [0.4, 0.5) is 0 Å². The lowest BCUT2D eigenvalue weighted by Gasteiger charge is -2.56. The van der Waals surface area contributed by atoms with Crippen LogP contribution in [0.15, 0.2) is 0 Å². The van der Waals surface area contributed by atoms with Crippen molar-refractivity contribution in [3.8, 4) is 0 Å². The molecule has 1 heterocycles. The molecule has 1 atom stereocenters. The fourth-order valence-electron chi connectivity index (χ4n) is 6.39. The zero-order chi connectivity index (χ0) is 17.8. The molecule has 26 heavy (non-hydrogen) atoms. The van der Waals surface area contributed by atoms with Crippen molar-refractivity contribution in [2.45, 2.75) is 76.8 Å². The fourth-order valence-corrected chi connectivity index (χ4v) is 6.39. The second-order valence-corrected chi connectivity index (χ2v) is 10.1. The number of nitrogens with one attached hydrogen (secondary N) is 1. The Labute approximate surface area is 163 Å². The SMILES string of the molecule is CC(C)(N)CNC(=O)C1CCCN1C(=O)C12CC3CC(CC(C3)C1)C2.Cl. The van der Waals surface area contributed by atoms with Crippen molar-refractivity contribution >= 4 is 24.2 Å². The molecule has 6 heteroatoms. The molecular weight excluding hydrogens is 350 g/mol. The van der Waals surface area contributed by atoms with Crippen molar-refractivity contribution in [2.75, 3.05) is 13.1 Å². The van der Waals surface area contributed by atoms with Crippen molar-refractivity contribution in [1.82, 2.24) is 10.2 Å². The Morgan fingerprint density at radius 1 is 1.12 bits per heavy atom. The first kappa shape index (κ1) is 19.9. The highest BCUT2D eigenvalue weighted by Crippen LogP contribution is 2.60. The summed E-state index contributed by atoms with van der Waals surface area (Å²) in [6.07, 6.45) is 8.93. The van der Waals surface area contributed by atoms with Gasteiger partial charge in [-0.25, -0.2) is 0 Å². The highest BCUT2D eigenvalue weighted by atomic mass is 35.5. The minimum Gasteiger partial charge on any atom is -0.352 e. The summed E-state index contributed by atoms with van der Waals surface area (Å²) in [4.78, 5) is 28.1. The molecule has 5 nitrogen and oxygen atoms in total. The Bertz CT molecular complexity index is 537. The highest BCUT2D eigenvalue weighted by Gasteiger charge is 2.56. The molecule has 0 aromatic rings. The number of halogens is 1. The minimum absolute atomic E-state index is 0. The average molecular weight is 384 g/mol. The van der Waals surface area contributed by atoms with Crippen molar-refractivity contribution in [3.05, 3.63) is 0 Å². The number of rotatable bonds is 4. The zero-order valence-electron chi connectivity index (χ0n) is 16.1. The summed E-state index contributed by atoms with van der Waals surface area (Å²) in [7, 11) is 0. The maximum absolute atomic E-state index is 13.5. The van der Waals surface area contributed by atoms with E-state index in [0.717, 1.165) is 56.4 Å². The molecule has 4 bridgehead atoms. The van der Waals surface area contributed by atoms with Gasteiger partial charge < -0.3 is 16.0 Å². The molecule has 2 amide bonds. The van der Waals surface area contributed by atoms with Crippen molar-refractivity contribution in [3.63, 3.8) is 0 Å². The van der Waals surface area contributed by atoms with Gasteiger partial charge in [0, 0.05) is 18.6 Å². The van der Waals surface area contributed by atoms with E-state index in [9.17, 15) is 9.59 Å². The zero-order valence-corrected chi connectivity index (χ0v) is 16.9. The molecule has 4 saturated carbocycles. The molecule has 0 aromatic heterocycles. The Kier molecular flexibility index (Phi) is 5.35. The molecule has 0 spiro atoms. The van der Waals surface area contributed by atoms with E-state index >= 15 is 0 Å². The van der Waals surface area contributed by atoms with E-state index in [0.29, 0.717) is 6.54 Å². The topological polar surface area (TPSA) is 75.4 Å². The number of nitrogens with two attached hydrogens (primary N) is 1. The standard InChI is InChI=1S/C20H33N3O2.ClH/c1-19(2,21)12-22-17(24)16-4-3-5-23(16)18(25)20-9-13-6-14(10-20)8-15(7-13)11-20;/h13-16H,3-12,21H2,1-2H3,(H,22,24);1H. The fraction of sp³-hybridized carbons (Fsp3) is 0.900. The van der Waals surface area contributed by atoms with Gasteiger partial charge in [0.1, 0.15) is 6.04 Å². The van der Waals surface area contributed by atoms with Gasteiger partial charge in [0.25, 0.3) is 0 Å². The third-order valence-electron chi connectivity index (χ3n) is 7.03. The van der Waals surface area contributed by atoms with E-state index in [1.807, 2.05) is 18.7 Å². The third kappa shape index (κ3) is 3.62. The van der Waals surface area contributed by atoms with Crippen LogP contribution in [0.2, 0.25) is 0 Å². The third-order valence-corrected chi connectivity index (χ3v) is 7.03. The maximum atomic E-state index is 13.5. The van der Waals surface area contributed by atoms with Gasteiger partial charge in [-0.3, -0.25) is 9.59 Å². The minimum atomic E-state index is -0.428. The van der Waals surface area contributed by atoms with Crippen molar-refractivity contribution in [1.29, 1.82) is 0 Å². The lowest BCUT2D eigenvalue weighted by Crippen LogP contribution is -2.58. The number of carbonyl (C=O) groups is 2.